The third-order valence-corrected chi connectivity index (χ3v) is 5.47. The Kier molecular flexibility index (Phi) is 5.69. The molecular weight excluding hydrogens is 366 g/mol. The number of benzene rings is 2. The van der Waals surface area contributed by atoms with E-state index < -0.39 is 0 Å². The van der Waals surface area contributed by atoms with Gasteiger partial charge in [0.05, 0.1) is 12.6 Å². The van der Waals surface area contributed by atoms with Gasteiger partial charge in [0.1, 0.15) is 11.3 Å². The largest absolute Gasteiger partial charge is 0.494 e. The summed E-state index contributed by atoms with van der Waals surface area (Å²) in [6.45, 7) is 6.16. The molecule has 1 saturated heterocycles. The van der Waals surface area contributed by atoms with E-state index in [1.54, 1.807) is 0 Å². The number of ether oxygens (including phenoxy) is 1. The molecular formula is C23H27N3O3. The van der Waals surface area contributed by atoms with Crippen molar-refractivity contribution >= 4 is 23.0 Å². The molecule has 2 aromatic carbocycles. The normalized spacial score (nSPS) is 16.0. The molecule has 1 unspecified atom stereocenters. The number of piperidine rings is 1. The summed E-state index contributed by atoms with van der Waals surface area (Å²) in [5, 5.41) is 3.16. The Hall–Kier alpha value is -3.02. The molecule has 1 amide bonds. The number of nitrogens with zero attached hydrogens (tertiary/aromatic N) is 2. The highest BCUT2D eigenvalue weighted by atomic mass is 16.5. The lowest BCUT2D eigenvalue weighted by Crippen LogP contribution is -2.41. The molecule has 0 bridgehead atoms. The van der Waals surface area contributed by atoms with E-state index in [4.69, 9.17) is 9.15 Å². The Morgan fingerprint density at radius 1 is 1.21 bits per heavy atom. The second kappa shape index (κ2) is 8.55. The Bertz CT molecular complexity index is 926. The van der Waals surface area contributed by atoms with Crippen molar-refractivity contribution in [2.75, 3.05) is 24.6 Å². The van der Waals surface area contributed by atoms with Crippen LogP contribution in [0.2, 0.25) is 0 Å². The first-order valence-corrected chi connectivity index (χ1v) is 10.3. The van der Waals surface area contributed by atoms with Gasteiger partial charge in [0.15, 0.2) is 5.58 Å². The van der Waals surface area contributed by atoms with Crippen LogP contribution in [-0.2, 0) is 4.79 Å². The first kappa shape index (κ1) is 19.3. The molecule has 6 nitrogen and oxygen atoms in total. The van der Waals surface area contributed by atoms with Gasteiger partial charge < -0.3 is 19.4 Å². The minimum atomic E-state index is -0.0340. The summed E-state index contributed by atoms with van der Waals surface area (Å²) < 4.78 is 11.3. The van der Waals surface area contributed by atoms with E-state index in [0.29, 0.717) is 12.6 Å². The number of nitrogens with one attached hydrogen (secondary N) is 1. The Labute approximate surface area is 170 Å². The molecule has 1 atom stereocenters. The van der Waals surface area contributed by atoms with Crippen molar-refractivity contribution in [3.05, 3.63) is 54.1 Å². The fourth-order valence-corrected chi connectivity index (χ4v) is 3.76. The molecule has 0 saturated carbocycles. The van der Waals surface area contributed by atoms with Gasteiger partial charge in [-0.15, -0.1) is 0 Å². The van der Waals surface area contributed by atoms with Crippen molar-refractivity contribution in [3.8, 4) is 5.75 Å². The number of anilines is 1. The smallest absolute Gasteiger partial charge is 0.298 e. The summed E-state index contributed by atoms with van der Waals surface area (Å²) in [5.41, 5.74) is 2.74. The maximum absolute atomic E-state index is 12.7. The molecule has 1 aliphatic rings. The number of carbonyl (C=O) groups excluding carboxylic acids is 1. The van der Waals surface area contributed by atoms with Gasteiger partial charge in [-0.2, -0.15) is 4.98 Å². The van der Waals surface area contributed by atoms with Gasteiger partial charge in [0, 0.05) is 19.0 Å². The van der Waals surface area contributed by atoms with Crippen LogP contribution in [0.4, 0.5) is 6.01 Å². The van der Waals surface area contributed by atoms with Gasteiger partial charge in [-0.25, -0.2) is 0 Å². The van der Waals surface area contributed by atoms with Crippen molar-refractivity contribution in [2.24, 2.45) is 5.92 Å². The zero-order valence-corrected chi connectivity index (χ0v) is 16.9. The van der Waals surface area contributed by atoms with Crippen LogP contribution >= 0.6 is 0 Å². The molecule has 6 heteroatoms. The minimum Gasteiger partial charge on any atom is -0.494 e. The summed E-state index contributed by atoms with van der Waals surface area (Å²) in [4.78, 5) is 19.4. The molecule has 1 aromatic heterocycles. The highest BCUT2D eigenvalue weighted by Crippen LogP contribution is 2.27. The van der Waals surface area contributed by atoms with Gasteiger partial charge >= 0.3 is 0 Å². The third kappa shape index (κ3) is 4.36. The first-order chi connectivity index (χ1) is 14.1. The lowest BCUT2D eigenvalue weighted by molar-refractivity contribution is -0.126. The van der Waals surface area contributed by atoms with E-state index in [1.807, 2.05) is 62.4 Å². The average molecular weight is 393 g/mol. The van der Waals surface area contributed by atoms with Gasteiger partial charge in [-0.1, -0.05) is 24.3 Å². The fourth-order valence-electron chi connectivity index (χ4n) is 3.76. The summed E-state index contributed by atoms with van der Waals surface area (Å²) >= 11 is 0. The number of carbonyl (C=O) groups is 1. The van der Waals surface area contributed by atoms with Crippen LogP contribution in [0, 0.1) is 5.92 Å². The van der Waals surface area contributed by atoms with Crippen LogP contribution in [0.15, 0.2) is 52.9 Å². The van der Waals surface area contributed by atoms with Crippen molar-refractivity contribution in [1.29, 1.82) is 0 Å². The third-order valence-electron chi connectivity index (χ3n) is 5.47. The minimum absolute atomic E-state index is 0.0146. The number of hydrogen-bond donors (Lipinski definition) is 1. The van der Waals surface area contributed by atoms with E-state index in [1.165, 1.54) is 0 Å². The average Bonchev–Trinajstić information content (AvgIpc) is 3.19. The molecule has 1 N–H and O–H groups in total. The van der Waals surface area contributed by atoms with E-state index in [0.717, 1.165) is 48.3 Å². The molecule has 1 aliphatic heterocycles. The van der Waals surface area contributed by atoms with E-state index in [-0.39, 0.29) is 17.9 Å². The van der Waals surface area contributed by atoms with Gasteiger partial charge in [-0.05, 0) is 56.5 Å². The van der Waals surface area contributed by atoms with Gasteiger partial charge in [-0.3, -0.25) is 4.79 Å². The molecule has 1 fully saturated rings. The van der Waals surface area contributed by atoms with Crippen molar-refractivity contribution < 1.29 is 13.9 Å². The standard InChI is InChI=1S/C23H27N3O3/c1-3-28-19-10-8-17(9-11-19)16(2)24-22(27)18-12-14-26(15-13-18)23-25-20-6-4-5-7-21(20)29-23/h4-11,16,18H,3,12-15H2,1-2H3,(H,24,27). The monoisotopic (exact) mass is 393 g/mol. The van der Waals surface area contributed by atoms with E-state index in [9.17, 15) is 4.79 Å². The number of rotatable bonds is 6. The van der Waals surface area contributed by atoms with Crippen LogP contribution in [0.5, 0.6) is 5.75 Å². The summed E-state index contributed by atoms with van der Waals surface area (Å²) in [5.74, 6) is 0.978. The van der Waals surface area contributed by atoms with Crippen LogP contribution in [0.1, 0.15) is 38.3 Å². The van der Waals surface area contributed by atoms with Gasteiger partial charge in [0.2, 0.25) is 5.91 Å². The van der Waals surface area contributed by atoms with Crippen molar-refractivity contribution in [1.82, 2.24) is 10.3 Å². The Morgan fingerprint density at radius 3 is 2.62 bits per heavy atom. The highest BCUT2D eigenvalue weighted by molar-refractivity contribution is 5.79. The summed E-state index contributed by atoms with van der Waals surface area (Å²) in [6.07, 6.45) is 1.58. The molecule has 29 heavy (non-hydrogen) atoms. The maximum Gasteiger partial charge on any atom is 0.298 e. The van der Waals surface area contributed by atoms with E-state index >= 15 is 0 Å². The van der Waals surface area contributed by atoms with Crippen LogP contribution in [-0.4, -0.2) is 30.6 Å². The fraction of sp³-hybridized carbons (Fsp3) is 0.391. The van der Waals surface area contributed by atoms with Crippen LogP contribution in [0.25, 0.3) is 11.1 Å². The molecule has 3 aromatic rings. The van der Waals surface area contributed by atoms with Crippen LogP contribution < -0.4 is 15.0 Å². The maximum atomic E-state index is 12.7. The Balaban J connectivity index is 1.31. The number of aromatic nitrogens is 1. The predicted molar refractivity (Wildman–Crippen MR) is 113 cm³/mol. The predicted octanol–water partition coefficient (Wildman–Crippen LogP) is 4.32. The molecule has 0 spiro atoms. The number of hydrogen-bond acceptors (Lipinski definition) is 5. The van der Waals surface area contributed by atoms with E-state index in [2.05, 4.69) is 15.2 Å². The molecule has 4 rings (SSSR count). The summed E-state index contributed by atoms with van der Waals surface area (Å²) in [6, 6.07) is 16.3. The highest BCUT2D eigenvalue weighted by Gasteiger charge is 2.28. The molecule has 0 radical (unpaired) electrons. The molecule has 0 aliphatic carbocycles. The second-order valence-electron chi connectivity index (χ2n) is 7.46. The SMILES string of the molecule is CCOc1ccc(C(C)NC(=O)C2CCN(c3nc4ccccc4o3)CC2)cc1. The molecule has 152 valence electrons. The van der Waals surface area contributed by atoms with Crippen LogP contribution in [0.3, 0.4) is 0 Å². The summed E-state index contributed by atoms with van der Waals surface area (Å²) in [7, 11) is 0. The lowest BCUT2D eigenvalue weighted by Gasteiger charge is -2.30. The van der Waals surface area contributed by atoms with Crippen molar-refractivity contribution in [3.63, 3.8) is 0 Å². The topological polar surface area (TPSA) is 67.6 Å². The van der Waals surface area contributed by atoms with Crippen molar-refractivity contribution in [2.45, 2.75) is 32.7 Å². The number of amides is 1. The first-order valence-electron chi connectivity index (χ1n) is 10.3. The Morgan fingerprint density at radius 2 is 1.93 bits per heavy atom. The molecule has 2 heterocycles. The number of fused-ring (bicyclic) bond motifs is 1. The zero-order chi connectivity index (χ0) is 20.2. The zero-order valence-electron chi connectivity index (χ0n) is 16.9. The number of para-hydroxylation sites is 2. The second-order valence-corrected chi connectivity index (χ2v) is 7.46. The quantitative estimate of drug-likeness (QED) is 0.675. The van der Waals surface area contributed by atoms with Gasteiger partial charge in [0.25, 0.3) is 6.01 Å². The lowest BCUT2D eigenvalue weighted by atomic mass is 9.95. The number of oxazole rings is 1.